The van der Waals surface area contributed by atoms with Crippen LogP contribution in [0.4, 0.5) is 8.78 Å². The lowest BCUT2D eigenvalue weighted by atomic mass is 9.79. The van der Waals surface area contributed by atoms with Crippen LogP contribution in [0.3, 0.4) is 0 Å². The number of alkyl halides is 2. The average molecular weight is 268 g/mol. The Hall–Kier alpha value is -2.05. The predicted molar refractivity (Wildman–Crippen MR) is 62.4 cm³/mol. The number of hydrogen-bond acceptors (Lipinski definition) is 4. The highest BCUT2D eigenvalue weighted by atomic mass is 19.3. The summed E-state index contributed by atoms with van der Waals surface area (Å²) in [6.45, 7) is 0. The summed E-state index contributed by atoms with van der Waals surface area (Å²) in [6.07, 6.45) is -0.162. The molecular weight excluding hydrogens is 258 g/mol. The summed E-state index contributed by atoms with van der Waals surface area (Å²) in [5, 5.41) is 0.105. The number of H-pyrrole nitrogens is 1. The fraction of sp³-hybridized carbons (Fsp3) is 0.417. The van der Waals surface area contributed by atoms with Gasteiger partial charge in [0.05, 0.1) is 0 Å². The maximum Gasteiger partial charge on any atom is 0.337 e. The van der Waals surface area contributed by atoms with E-state index in [0.717, 1.165) is 19.3 Å². The zero-order chi connectivity index (χ0) is 13.6. The van der Waals surface area contributed by atoms with Crippen molar-refractivity contribution < 1.29 is 13.2 Å². The molecule has 0 radical (unpaired) electrons. The number of fused-ring (bicyclic) bond motifs is 1. The largest absolute Gasteiger partial charge is 0.403 e. The highest BCUT2D eigenvalue weighted by Crippen LogP contribution is 2.37. The normalized spacial score (nSPS) is 15.9. The van der Waals surface area contributed by atoms with E-state index in [1.165, 1.54) is 6.07 Å². The van der Waals surface area contributed by atoms with E-state index >= 15 is 0 Å². The molecule has 0 unspecified atom stereocenters. The number of rotatable bonds is 2. The molecule has 2 aromatic heterocycles. The van der Waals surface area contributed by atoms with Crippen molar-refractivity contribution in [1.82, 2.24) is 9.97 Å². The predicted octanol–water partition coefficient (Wildman–Crippen LogP) is 2.08. The lowest BCUT2D eigenvalue weighted by Gasteiger charge is -2.25. The molecule has 1 saturated carbocycles. The van der Waals surface area contributed by atoms with E-state index in [9.17, 15) is 18.4 Å². The van der Waals surface area contributed by atoms with Crippen LogP contribution in [0.15, 0.2) is 20.1 Å². The average Bonchev–Trinajstić information content (AvgIpc) is 2.24. The summed E-state index contributed by atoms with van der Waals surface area (Å²) in [6, 6.07) is 1.26. The van der Waals surface area contributed by atoms with Crippen molar-refractivity contribution in [2.45, 2.75) is 31.6 Å². The van der Waals surface area contributed by atoms with E-state index in [2.05, 4.69) is 4.98 Å². The van der Waals surface area contributed by atoms with Crippen molar-refractivity contribution in [2.75, 3.05) is 0 Å². The molecule has 0 atom stereocenters. The van der Waals surface area contributed by atoms with E-state index in [1.54, 1.807) is 0 Å². The van der Waals surface area contributed by atoms with Crippen LogP contribution < -0.4 is 11.2 Å². The molecule has 1 fully saturated rings. The summed E-state index contributed by atoms with van der Waals surface area (Å²) < 4.78 is 29.9. The summed E-state index contributed by atoms with van der Waals surface area (Å²) >= 11 is 0. The van der Waals surface area contributed by atoms with Gasteiger partial charge in [0.2, 0.25) is 5.71 Å². The SMILES string of the molecule is O=c1cc(C2CCC2)c2c(=O)[nH]c(C(F)F)nc2o1. The molecule has 19 heavy (non-hydrogen) atoms. The van der Waals surface area contributed by atoms with Gasteiger partial charge in [-0.2, -0.15) is 4.98 Å². The van der Waals surface area contributed by atoms with E-state index in [1.807, 2.05) is 4.98 Å². The van der Waals surface area contributed by atoms with Gasteiger partial charge in [-0.3, -0.25) is 4.79 Å². The molecule has 0 saturated heterocycles. The third kappa shape index (κ3) is 1.94. The van der Waals surface area contributed by atoms with Crippen LogP contribution in [0, 0.1) is 0 Å². The fourth-order valence-corrected chi connectivity index (χ4v) is 2.27. The van der Waals surface area contributed by atoms with Crippen LogP contribution in [0.5, 0.6) is 0 Å². The van der Waals surface area contributed by atoms with Crippen LogP contribution in [-0.2, 0) is 0 Å². The standard InChI is InChI=1S/C12H10F2N2O3/c13-9(14)10-15-11(18)8-6(5-2-1-3-5)4-7(17)19-12(8)16-10/h4-5,9H,1-3H2,(H,15,16,18). The highest BCUT2D eigenvalue weighted by molar-refractivity contribution is 5.76. The van der Waals surface area contributed by atoms with Gasteiger partial charge in [-0.25, -0.2) is 13.6 Å². The number of halogens is 2. The van der Waals surface area contributed by atoms with Crippen molar-refractivity contribution in [3.8, 4) is 0 Å². The number of aromatic nitrogens is 2. The zero-order valence-corrected chi connectivity index (χ0v) is 9.78. The molecule has 0 bridgehead atoms. The van der Waals surface area contributed by atoms with Crippen molar-refractivity contribution in [2.24, 2.45) is 0 Å². The van der Waals surface area contributed by atoms with Gasteiger partial charge in [0.25, 0.3) is 12.0 Å². The summed E-state index contributed by atoms with van der Waals surface area (Å²) in [4.78, 5) is 28.9. The maximum absolute atomic E-state index is 12.6. The first-order chi connectivity index (χ1) is 9.06. The second kappa shape index (κ2) is 4.25. The van der Waals surface area contributed by atoms with Gasteiger partial charge in [0, 0.05) is 6.07 Å². The molecule has 100 valence electrons. The molecule has 3 rings (SSSR count). The van der Waals surface area contributed by atoms with Crippen LogP contribution in [-0.4, -0.2) is 9.97 Å². The summed E-state index contributed by atoms with van der Waals surface area (Å²) in [5.74, 6) is -0.682. The number of aromatic amines is 1. The van der Waals surface area contributed by atoms with E-state index in [0.29, 0.717) is 5.56 Å². The van der Waals surface area contributed by atoms with Gasteiger partial charge in [-0.05, 0) is 24.3 Å². The third-order valence-electron chi connectivity index (χ3n) is 3.42. The molecule has 2 aromatic rings. The first kappa shape index (κ1) is 12.0. The molecular formula is C12H10F2N2O3. The maximum atomic E-state index is 12.6. The Labute approximate surface area is 105 Å². The van der Waals surface area contributed by atoms with Gasteiger partial charge < -0.3 is 9.40 Å². The Morgan fingerprint density at radius 1 is 1.37 bits per heavy atom. The minimum atomic E-state index is -2.92. The molecule has 2 heterocycles. The topological polar surface area (TPSA) is 76.0 Å². The third-order valence-corrected chi connectivity index (χ3v) is 3.42. The Balaban J connectivity index is 2.33. The number of nitrogens with zero attached hydrogens (tertiary/aromatic N) is 1. The first-order valence-electron chi connectivity index (χ1n) is 5.92. The van der Waals surface area contributed by atoms with Crippen molar-refractivity contribution >= 4 is 11.1 Å². The molecule has 0 aromatic carbocycles. The van der Waals surface area contributed by atoms with Crippen LogP contribution in [0.2, 0.25) is 0 Å². The molecule has 1 aliphatic rings. The van der Waals surface area contributed by atoms with E-state index < -0.39 is 23.4 Å². The Morgan fingerprint density at radius 2 is 2.11 bits per heavy atom. The molecule has 1 aliphatic carbocycles. The Bertz CT molecular complexity index is 747. The Kier molecular flexibility index (Phi) is 2.69. The van der Waals surface area contributed by atoms with Gasteiger partial charge in [-0.15, -0.1) is 0 Å². The molecule has 7 heteroatoms. The number of nitrogens with one attached hydrogen (secondary N) is 1. The monoisotopic (exact) mass is 268 g/mol. The quantitative estimate of drug-likeness (QED) is 0.904. The zero-order valence-electron chi connectivity index (χ0n) is 9.78. The summed E-state index contributed by atoms with van der Waals surface area (Å²) in [5.41, 5.74) is -1.13. The van der Waals surface area contributed by atoms with Crippen molar-refractivity contribution in [3.05, 3.63) is 38.2 Å². The van der Waals surface area contributed by atoms with Crippen LogP contribution >= 0.6 is 0 Å². The molecule has 1 N–H and O–H groups in total. The molecule has 0 aliphatic heterocycles. The lowest BCUT2D eigenvalue weighted by Crippen LogP contribution is -2.20. The van der Waals surface area contributed by atoms with Gasteiger partial charge in [0.1, 0.15) is 5.39 Å². The van der Waals surface area contributed by atoms with E-state index in [-0.39, 0.29) is 17.0 Å². The van der Waals surface area contributed by atoms with Gasteiger partial charge >= 0.3 is 5.63 Å². The summed E-state index contributed by atoms with van der Waals surface area (Å²) in [7, 11) is 0. The fourth-order valence-electron chi connectivity index (χ4n) is 2.27. The van der Waals surface area contributed by atoms with E-state index in [4.69, 9.17) is 4.42 Å². The second-order valence-corrected chi connectivity index (χ2v) is 4.58. The minimum absolute atomic E-state index is 0.104. The first-order valence-corrected chi connectivity index (χ1v) is 5.92. The highest BCUT2D eigenvalue weighted by Gasteiger charge is 2.25. The van der Waals surface area contributed by atoms with Crippen LogP contribution in [0.1, 0.15) is 43.0 Å². The second-order valence-electron chi connectivity index (χ2n) is 4.58. The molecule has 0 spiro atoms. The van der Waals surface area contributed by atoms with Gasteiger partial charge in [-0.1, -0.05) is 6.42 Å². The van der Waals surface area contributed by atoms with Crippen LogP contribution in [0.25, 0.3) is 11.1 Å². The lowest BCUT2D eigenvalue weighted by molar-refractivity contribution is 0.140. The Morgan fingerprint density at radius 3 is 2.68 bits per heavy atom. The molecule has 0 amide bonds. The van der Waals surface area contributed by atoms with Crippen molar-refractivity contribution in [1.29, 1.82) is 0 Å². The number of hydrogen-bond donors (Lipinski definition) is 1. The van der Waals surface area contributed by atoms with Gasteiger partial charge in [0.15, 0.2) is 5.82 Å². The minimum Gasteiger partial charge on any atom is -0.403 e. The smallest absolute Gasteiger partial charge is 0.337 e. The van der Waals surface area contributed by atoms with Crippen molar-refractivity contribution in [3.63, 3.8) is 0 Å². The molecule has 5 nitrogen and oxygen atoms in total.